The summed E-state index contributed by atoms with van der Waals surface area (Å²) < 4.78 is 13.8. The lowest BCUT2D eigenvalue weighted by Gasteiger charge is -2.32. The van der Waals surface area contributed by atoms with Crippen LogP contribution in [0.1, 0.15) is 64.9 Å². The number of pyridine rings is 1. The van der Waals surface area contributed by atoms with Gasteiger partial charge in [0.1, 0.15) is 5.82 Å². The Morgan fingerprint density at radius 2 is 1.93 bits per heavy atom. The van der Waals surface area contributed by atoms with Gasteiger partial charge in [0.15, 0.2) is 0 Å². The third-order valence-corrected chi connectivity index (χ3v) is 6.09. The van der Waals surface area contributed by atoms with E-state index in [1.807, 2.05) is 52.1 Å². The van der Waals surface area contributed by atoms with Crippen molar-refractivity contribution in [1.82, 2.24) is 10.3 Å². The SMILES string of the molecule is C/C=C(\C=C(C)C)NC(=O)C(C)C1CCC(c2ccnc3ccc(F)cc23)CC1. The van der Waals surface area contributed by atoms with Gasteiger partial charge in [-0.25, -0.2) is 4.39 Å². The summed E-state index contributed by atoms with van der Waals surface area (Å²) in [6.07, 6.45) is 9.79. The van der Waals surface area contributed by atoms with E-state index in [0.29, 0.717) is 11.8 Å². The summed E-state index contributed by atoms with van der Waals surface area (Å²) >= 11 is 0. The van der Waals surface area contributed by atoms with Gasteiger partial charge in [0.25, 0.3) is 0 Å². The molecule has 154 valence electrons. The molecule has 0 spiro atoms. The maximum atomic E-state index is 13.8. The van der Waals surface area contributed by atoms with Gasteiger partial charge >= 0.3 is 0 Å². The number of allylic oxidation sites excluding steroid dienone is 3. The van der Waals surface area contributed by atoms with Crippen LogP contribution in [0.25, 0.3) is 10.9 Å². The Hall–Kier alpha value is -2.49. The molecule has 2 aromatic rings. The van der Waals surface area contributed by atoms with E-state index in [2.05, 4.69) is 10.3 Å². The summed E-state index contributed by atoms with van der Waals surface area (Å²) in [4.78, 5) is 17.1. The molecule has 4 heteroatoms. The topological polar surface area (TPSA) is 42.0 Å². The molecular weight excluding hydrogens is 363 g/mol. The van der Waals surface area contributed by atoms with Crippen LogP contribution in [-0.2, 0) is 4.79 Å². The van der Waals surface area contributed by atoms with Crippen LogP contribution in [0.4, 0.5) is 4.39 Å². The van der Waals surface area contributed by atoms with Crippen molar-refractivity contribution in [3.05, 3.63) is 65.3 Å². The van der Waals surface area contributed by atoms with Crippen LogP contribution in [-0.4, -0.2) is 10.9 Å². The highest BCUT2D eigenvalue weighted by Crippen LogP contribution is 2.40. The normalized spacial score (nSPS) is 20.9. The van der Waals surface area contributed by atoms with Crippen molar-refractivity contribution in [3.63, 3.8) is 0 Å². The van der Waals surface area contributed by atoms with Crippen LogP contribution in [0, 0.1) is 17.7 Å². The monoisotopic (exact) mass is 394 g/mol. The summed E-state index contributed by atoms with van der Waals surface area (Å²) in [7, 11) is 0. The average Bonchev–Trinajstić information content (AvgIpc) is 2.72. The van der Waals surface area contributed by atoms with Crippen LogP contribution in [0.15, 0.2) is 53.9 Å². The molecule has 1 aliphatic carbocycles. The van der Waals surface area contributed by atoms with Gasteiger partial charge in [0, 0.05) is 23.2 Å². The first-order chi connectivity index (χ1) is 13.9. The predicted molar refractivity (Wildman–Crippen MR) is 117 cm³/mol. The van der Waals surface area contributed by atoms with Crippen LogP contribution in [0.2, 0.25) is 0 Å². The van der Waals surface area contributed by atoms with Crippen molar-refractivity contribution in [3.8, 4) is 0 Å². The van der Waals surface area contributed by atoms with Crippen molar-refractivity contribution >= 4 is 16.8 Å². The average molecular weight is 395 g/mol. The number of fused-ring (bicyclic) bond motifs is 1. The molecular formula is C25H31FN2O. The quantitative estimate of drug-likeness (QED) is 0.607. The predicted octanol–water partition coefficient (Wildman–Crippen LogP) is 6.27. The van der Waals surface area contributed by atoms with Gasteiger partial charge in [-0.15, -0.1) is 0 Å². The van der Waals surface area contributed by atoms with Crippen LogP contribution in [0.3, 0.4) is 0 Å². The van der Waals surface area contributed by atoms with Gasteiger partial charge in [-0.1, -0.05) is 18.6 Å². The molecule has 29 heavy (non-hydrogen) atoms. The maximum absolute atomic E-state index is 13.8. The first-order valence-electron chi connectivity index (χ1n) is 10.5. The van der Waals surface area contributed by atoms with Gasteiger partial charge in [-0.2, -0.15) is 0 Å². The number of carbonyl (C=O) groups is 1. The molecule has 1 saturated carbocycles. The minimum absolute atomic E-state index is 0.0249. The third kappa shape index (κ3) is 5.11. The molecule has 1 fully saturated rings. The van der Waals surface area contributed by atoms with Crippen molar-refractivity contribution < 1.29 is 9.18 Å². The molecule has 3 nitrogen and oxygen atoms in total. The van der Waals surface area contributed by atoms with Crippen molar-refractivity contribution in [2.75, 3.05) is 0 Å². The Kier molecular flexibility index (Phi) is 6.83. The number of carbonyl (C=O) groups excluding carboxylic acids is 1. The fourth-order valence-corrected chi connectivity index (χ4v) is 4.40. The lowest BCUT2D eigenvalue weighted by molar-refractivity contribution is -0.125. The number of hydrogen-bond donors (Lipinski definition) is 1. The Morgan fingerprint density at radius 1 is 1.21 bits per heavy atom. The second-order valence-electron chi connectivity index (χ2n) is 8.42. The van der Waals surface area contributed by atoms with E-state index in [1.165, 1.54) is 11.6 Å². The van der Waals surface area contributed by atoms with Gasteiger partial charge in [-0.05, 0) is 94.2 Å². The standard InChI is InChI=1S/C25H31FN2O/c1-5-21(14-16(2)3)28-25(29)17(4)18-6-8-19(9-7-18)22-12-13-27-24-11-10-20(26)15-23(22)24/h5,10-15,17-19H,6-9H2,1-4H3,(H,28,29)/b21-5+. The van der Waals surface area contributed by atoms with Gasteiger partial charge in [-0.3, -0.25) is 9.78 Å². The molecule has 1 N–H and O–H groups in total. The second kappa shape index (κ2) is 9.34. The van der Waals surface area contributed by atoms with E-state index >= 15 is 0 Å². The Balaban J connectivity index is 1.65. The molecule has 1 aromatic carbocycles. The van der Waals surface area contributed by atoms with Gasteiger partial charge < -0.3 is 5.32 Å². The summed E-state index contributed by atoms with van der Waals surface area (Å²) in [5.74, 6) is 0.618. The lowest BCUT2D eigenvalue weighted by Crippen LogP contribution is -2.34. The molecule has 1 amide bonds. The maximum Gasteiger partial charge on any atom is 0.227 e. The minimum Gasteiger partial charge on any atom is -0.326 e. The number of nitrogens with zero attached hydrogens (tertiary/aromatic N) is 1. The highest BCUT2D eigenvalue weighted by molar-refractivity contribution is 5.83. The van der Waals surface area contributed by atoms with Crippen molar-refractivity contribution in [1.29, 1.82) is 0 Å². The smallest absolute Gasteiger partial charge is 0.227 e. The van der Waals surface area contributed by atoms with E-state index in [1.54, 1.807) is 12.1 Å². The molecule has 0 bridgehead atoms. The second-order valence-corrected chi connectivity index (χ2v) is 8.42. The van der Waals surface area contributed by atoms with E-state index < -0.39 is 0 Å². The van der Waals surface area contributed by atoms with E-state index in [9.17, 15) is 9.18 Å². The Morgan fingerprint density at radius 3 is 2.59 bits per heavy atom. The summed E-state index contributed by atoms with van der Waals surface area (Å²) in [5, 5.41) is 3.98. The Labute approximate surface area is 173 Å². The molecule has 3 rings (SSSR count). The van der Waals surface area contributed by atoms with Gasteiger partial charge in [0.05, 0.1) is 5.52 Å². The lowest BCUT2D eigenvalue weighted by atomic mass is 9.73. The number of nitrogens with one attached hydrogen (secondary N) is 1. The first-order valence-corrected chi connectivity index (χ1v) is 10.5. The summed E-state index contributed by atoms with van der Waals surface area (Å²) in [5.41, 5.74) is 4.05. The molecule has 1 aromatic heterocycles. The van der Waals surface area contributed by atoms with Gasteiger partial charge in [0.2, 0.25) is 5.91 Å². The Bertz CT molecular complexity index is 935. The number of aromatic nitrogens is 1. The van der Waals surface area contributed by atoms with E-state index in [4.69, 9.17) is 0 Å². The van der Waals surface area contributed by atoms with Crippen molar-refractivity contribution in [2.45, 2.75) is 59.3 Å². The molecule has 1 heterocycles. The van der Waals surface area contributed by atoms with Crippen LogP contribution >= 0.6 is 0 Å². The number of halogens is 1. The molecule has 0 aliphatic heterocycles. The van der Waals surface area contributed by atoms with E-state index in [0.717, 1.165) is 47.9 Å². The zero-order chi connectivity index (χ0) is 21.0. The van der Waals surface area contributed by atoms with Crippen molar-refractivity contribution in [2.24, 2.45) is 11.8 Å². The highest BCUT2D eigenvalue weighted by Gasteiger charge is 2.30. The fraction of sp³-hybridized carbons (Fsp3) is 0.440. The van der Waals surface area contributed by atoms with E-state index in [-0.39, 0.29) is 17.6 Å². The molecule has 1 aliphatic rings. The molecule has 0 radical (unpaired) electrons. The molecule has 1 unspecified atom stereocenters. The number of amides is 1. The first kappa shape index (κ1) is 21.2. The summed E-state index contributed by atoms with van der Waals surface area (Å²) in [6.45, 7) is 8.02. The zero-order valence-electron chi connectivity index (χ0n) is 17.8. The third-order valence-electron chi connectivity index (χ3n) is 6.09. The largest absolute Gasteiger partial charge is 0.326 e. The van der Waals surface area contributed by atoms with Crippen LogP contribution in [0.5, 0.6) is 0 Å². The minimum atomic E-state index is -0.220. The molecule has 1 atom stereocenters. The summed E-state index contributed by atoms with van der Waals surface area (Å²) in [6, 6.07) is 6.84. The number of benzene rings is 1. The molecule has 0 saturated heterocycles. The highest BCUT2D eigenvalue weighted by atomic mass is 19.1. The zero-order valence-corrected chi connectivity index (χ0v) is 17.8. The number of rotatable bonds is 5. The van der Waals surface area contributed by atoms with Crippen LogP contribution < -0.4 is 5.32 Å². The number of hydrogen-bond acceptors (Lipinski definition) is 2. The fourth-order valence-electron chi connectivity index (χ4n) is 4.40.